The first-order valence-electron chi connectivity index (χ1n) is 6.49. The molecule has 0 saturated heterocycles. The van der Waals surface area contributed by atoms with Gasteiger partial charge in [-0.1, -0.05) is 44.2 Å². The van der Waals surface area contributed by atoms with Crippen molar-refractivity contribution in [1.29, 1.82) is 0 Å². The summed E-state index contributed by atoms with van der Waals surface area (Å²) in [7, 11) is 0. The third-order valence-electron chi connectivity index (χ3n) is 3.39. The summed E-state index contributed by atoms with van der Waals surface area (Å²) < 4.78 is 0. The van der Waals surface area contributed by atoms with E-state index in [1.165, 1.54) is 5.56 Å². The number of hydrogen-bond acceptors (Lipinski definition) is 2. The van der Waals surface area contributed by atoms with Crippen molar-refractivity contribution in [3.05, 3.63) is 35.9 Å². The maximum atomic E-state index is 10.0. The van der Waals surface area contributed by atoms with Crippen LogP contribution < -0.4 is 5.32 Å². The average Bonchev–Trinajstić information content (AvgIpc) is 2.29. The molecule has 1 atom stereocenters. The summed E-state index contributed by atoms with van der Waals surface area (Å²) in [4.78, 5) is 0. The van der Waals surface area contributed by atoms with Crippen molar-refractivity contribution in [2.24, 2.45) is 5.92 Å². The molecule has 0 aliphatic carbocycles. The molecular weight excluding hydrogens is 210 g/mol. The molecule has 2 N–H and O–H groups in total. The van der Waals surface area contributed by atoms with Gasteiger partial charge in [-0.2, -0.15) is 0 Å². The molecule has 0 aromatic heterocycles. The smallest absolute Gasteiger partial charge is 0.0766 e. The van der Waals surface area contributed by atoms with Gasteiger partial charge in [-0.3, -0.25) is 0 Å². The topological polar surface area (TPSA) is 32.3 Å². The van der Waals surface area contributed by atoms with Crippen LogP contribution >= 0.6 is 0 Å². The van der Waals surface area contributed by atoms with E-state index < -0.39 is 5.60 Å². The summed E-state index contributed by atoms with van der Waals surface area (Å²) in [5.41, 5.74) is 0.775. The monoisotopic (exact) mass is 235 g/mol. The van der Waals surface area contributed by atoms with Gasteiger partial charge in [0.2, 0.25) is 0 Å². The van der Waals surface area contributed by atoms with Crippen LogP contribution in [0.5, 0.6) is 0 Å². The molecule has 0 saturated carbocycles. The Morgan fingerprint density at radius 2 is 1.88 bits per heavy atom. The second kappa shape index (κ2) is 6.77. The molecule has 1 aromatic rings. The summed E-state index contributed by atoms with van der Waals surface area (Å²) in [6.07, 6.45) is 2.20. The minimum Gasteiger partial charge on any atom is -0.389 e. The number of hydrogen-bond donors (Lipinski definition) is 2. The van der Waals surface area contributed by atoms with Gasteiger partial charge in [-0.15, -0.1) is 0 Å². The zero-order chi connectivity index (χ0) is 12.7. The lowest BCUT2D eigenvalue weighted by atomic mass is 9.92. The highest BCUT2D eigenvalue weighted by atomic mass is 16.3. The second-order valence-electron chi connectivity index (χ2n) is 5.28. The van der Waals surface area contributed by atoms with Crippen LogP contribution in [0.1, 0.15) is 32.8 Å². The summed E-state index contributed by atoms with van der Waals surface area (Å²) in [6, 6.07) is 10.5. The maximum Gasteiger partial charge on any atom is 0.0766 e. The van der Waals surface area contributed by atoms with Crippen LogP contribution in [0, 0.1) is 5.92 Å². The van der Waals surface area contributed by atoms with Crippen LogP contribution in [0.25, 0.3) is 0 Å². The predicted octanol–water partition coefficient (Wildman–Crippen LogP) is 2.62. The second-order valence-corrected chi connectivity index (χ2v) is 5.28. The highest BCUT2D eigenvalue weighted by Crippen LogP contribution is 2.14. The Labute approximate surface area is 105 Å². The number of aryl methyl sites for hydroxylation is 1. The van der Waals surface area contributed by atoms with Crippen molar-refractivity contribution in [3.63, 3.8) is 0 Å². The highest BCUT2D eigenvalue weighted by molar-refractivity contribution is 5.14. The van der Waals surface area contributed by atoms with Gasteiger partial charge < -0.3 is 10.4 Å². The highest BCUT2D eigenvalue weighted by Gasteiger charge is 2.23. The molecule has 2 nitrogen and oxygen atoms in total. The number of aliphatic hydroxyl groups is 1. The minimum absolute atomic E-state index is 0.282. The first kappa shape index (κ1) is 14.2. The molecule has 0 spiro atoms. The maximum absolute atomic E-state index is 10.0. The van der Waals surface area contributed by atoms with Crippen molar-refractivity contribution in [2.75, 3.05) is 13.1 Å². The van der Waals surface area contributed by atoms with E-state index in [9.17, 15) is 5.11 Å². The molecule has 0 bridgehead atoms. The molecular formula is C15H25NO. The molecule has 0 amide bonds. The van der Waals surface area contributed by atoms with E-state index in [1.54, 1.807) is 0 Å². The molecule has 0 aliphatic rings. The van der Waals surface area contributed by atoms with E-state index in [2.05, 4.69) is 29.6 Å². The van der Waals surface area contributed by atoms with Crippen LogP contribution in [-0.4, -0.2) is 23.8 Å². The summed E-state index contributed by atoms with van der Waals surface area (Å²) in [5.74, 6) is 0.282. The fraction of sp³-hybridized carbons (Fsp3) is 0.600. The first-order valence-corrected chi connectivity index (χ1v) is 6.49. The van der Waals surface area contributed by atoms with Crippen LogP contribution in [0.2, 0.25) is 0 Å². The van der Waals surface area contributed by atoms with E-state index in [0.717, 1.165) is 19.4 Å². The molecule has 0 aliphatic heterocycles. The lowest BCUT2D eigenvalue weighted by molar-refractivity contribution is 0.0144. The molecule has 17 heavy (non-hydrogen) atoms. The summed E-state index contributed by atoms with van der Waals surface area (Å²) in [6.45, 7) is 7.61. The Hall–Kier alpha value is -0.860. The summed E-state index contributed by atoms with van der Waals surface area (Å²) in [5, 5.41) is 13.4. The molecule has 0 radical (unpaired) electrons. The van der Waals surface area contributed by atoms with E-state index in [-0.39, 0.29) is 5.92 Å². The van der Waals surface area contributed by atoms with E-state index >= 15 is 0 Å². The average molecular weight is 235 g/mol. The molecule has 1 aromatic carbocycles. The Kier molecular flexibility index (Phi) is 5.66. The quantitative estimate of drug-likeness (QED) is 0.712. The lowest BCUT2D eigenvalue weighted by Gasteiger charge is -2.27. The molecule has 1 rings (SSSR count). The normalized spacial score (nSPS) is 14.9. The fourth-order valence-electron chi connectivity index (χ4n) is 1.61. The van der Waals surface area contributed by atoms with Gasteiger partial charge in [-0.05, 0) is 37.8 Å². The molecule has 2 heteroatoms. The van der Waals surface area contributed by atoms with E-state index in [4.69, 9.17) is 0 Å². The van der Waals surface area contributed by atoms with Gasteiger partial charge in [0, 0.05) is 6.54 Å². The van der Waals surface area contributed by atoms with Crippen molar-refractivity contribution >= 4 is 0 Å². The minimum atomic E-state index is -0.604. The van der Waals surface area contributed by atoms with Gasteiger partial charge in [0.1, 0.15) is 0 Å². The van der Waals surface area contributed by atoms with Gasteiger partial charge >= 0.3 is 0 Å². The Bertz CT molecular complexity index is 306. The van der Waals surface area contributed by atoms with Gasteiger partial charge in [-0.25, -0.2) is 0 Å². The van der Waals surface area contributed by atoms with E-state index in [0.29, 0.717) is 6.54 Å². The van der Waals surface area contributed by atoms with Crippen molar-refractivity contribution in [2.45, 2.75) is 39.2 Å². The van der Waals surface area contributed by atoms with Crippen LogP contribution in [0.4, 0.5) is 0 Å². The third kappa shape index (κ3) is 5.33. The Morgan fingerprint density at radius 1 is 1.24 bits per heavy atom. The van der Waals surface area contributed by atoms with Crippen LogP contribution in [0.3, 0.4) is 0 Å². The van der Waals surface area contributed by atoms with Gasteiger partial charge in [0.15, 0.2) is 0 Å². The van der Waals surface area contributed by atoms with Crippen LogP contribution in [0.15, 0.2) is 30.3 Å². The van der Waals surface area contributed by atoms with Crippen molar-refractivity contribution in [1.82, 2.24) is 5.32 Å². The van der Waals surface area contributed by atoms with Gasteiger partial charge in [0.25, 0.3) is 0 Å². The summed E-state index contributed by atoms with van der Waals surface area (Å²) >= 11 is 0. The number of benzene rings is 1. The van der Waals surface area contributed by atoms with Crippen LogP contribution in [-0.2, 0) is 6.42 Å². The molecule has 0 heterocycles. The van der Waals surface area contributed by atoms with E-state index in [1.807, 2.05) is 26.8 Å². The Balaban J connectivity index is 2.13. The van der Waals surface area contributed by atoms with Crippen molar-refractivity contribution in [3.8, 4) is 0 Å². The number of rotatable bonds is 7. The molecule has 1 unspecified atom stereocenters. The van der Waals surface area contributed by atoms with Crippen molar-refractivity contribution < 1.29 is 5.11 Å². The molecule has 0 fully saturated rings. The third-order valence-corrected chi connectivity index (χ3v) is 3.39. The lowest BCUT2D eigenvalue weighted by Crippen LogP contribution is -2.42. The SMILES string of the molecule is CC(C)C(C)(O)CNCCCc1ccccc1. The standard InChI is InChI=1S/C15H25NO/c1-13(2)15(3,17)12-16-11-7-10-14-8-5-4-6-9-14/h4-6,8-9,13,16-17H,7,10-12H2,1-3H3. The largest absolute Gasteiger partial charge is 0.389 e. The van der Waals surface area contributed by atoms with Gasteiger partial charge in [0.05, 0.1) is 5.60 Å². The molecule has 96 valence electrons. The zero-order valence-electron chi connectivity index (χ0n) is 11.2. The predicted molar refractivity (Wildman–Crippen MR) is 73.1 cm³/mol. The fourth-order valence-corrected chi connectivity index (χ4v) is 1.61. The first-order chi connectivity index (χ1) is 8.02. The Morgan fingerprint density at radius 3 is 2.47 bits per heavy atom. The number of nitrogens with one attached hydrogen (secondary N) is 1. The zero-order valence-corrected chi connectivity index (χ0v) is 11.2.